The molecule has 0 unspecified atom stereocenters. The van der Waals surface area contributed by atoms with Crippen molar-refractivity contribution in [3.05, 3.63) is 53.6 Å². The van der Waals surface area contributed by atoms with Gasteiger partial charge in [-0.3, -0.25) is 14.4 Å². The molecule has 1 saturated heterocycles. The molecule has 0 atom stereocenters. The molecule has 2 aromatic rings. The lowest BCUT2D eigenvalue weighted by Gasteiger charge is -2.32. The van der Waals surface area contributed by atoms with Gasteiger partial charge in [-0.25, -0.2) is 0 Å². The molecule has 1 heterocycles. The summed E-state index contributed by atoms with van der Waals surface area (Å²) in [6, 6.07) is 11.9. The smallest absolute Gasteiger partial charge is 0.253 e. The van der Waals surface area contributed by atoms with Crippen LogP contribution in [0.5, 0.6) is 11.5 Å². The van der Waals surface area contributed by atoms with Crippen LogP contribution >= 0.6 is 0 Å². The summed E-state index contributed by atoms with van der Waals surface area (Å²) in [5.74, 6) is 0.603. The molecule has 1 aliphatic rings. The van der Waals surface area contributed by atoms with E-state index < -0.39 is 0 Å². The van der Waals surface area contributed by atoms with Crippen LogP contribution in [0.1, 0.15) is 40.5 Å². The lowest BCUT2D eigenvalue weighted by molar-refractivity contribution is -0.114. The molecule has 31 heavy (non-hydrogen) atoms. The number of benzene rings is 2. The minimum absolute atomic E-state index is 0.0182. The van der Waals surface area contributed by atoms with Gasteiger partial charge in [-0.05, 0) is 49.2 Å². The van der Waals surface area contributed by atoms with Crippen molar-refractivity contribution < 1.29 is 23.9 Å². The monoisotopic (exact) mass is 425 g/mol. The van der Waals surface area contributed by atoms with Crippen molar-refractivity contribution in [2.75, 3.05) is 32.6 Å². The fourth-order valence-electron chi connectivity index (χ4n) is 3.59. The van der Waals surface area contributed by atoms with Crippen molar-refractivity contribution in [2.24, 2.45) is 0 Å². The van der Waals surface area contributed by atoms with Crippen molar-refractivity contribution in [3.63, 3.8) is 0 Å². The molecule has 2 N–H and O–H groups in total. The number of carbonyl (C=O) groups excluding carboxylic acids is 3. The van der Waals surface area contributed by atoms with Gasteiger partial charge < -0.3 is 25.0 Å². The molecule has 3 rings (SSSR count). The molecule has 0 spiro atoms. The minimum atomic E-state index is -0.186. The van der Waals surface area contributed by atoms with Gasteiger partial charge in [0.2, 0.25) is 5.91 Å². The Bertz CT molecular complexity index is 967. The maximum absolute atomic E-state index is 12.8. The number of amides is 3. The second-order valence-corrected chi connectivity index (χ2v) is 7.37. The van der Waals surface area contributed by atoms with Crippen molar-refractivity contribution in [2.45, 2.75) is 25.8 Å². The summed E-state index contributed by atoms with van der Waals surface area (Å²) in [5.41, 5.74) is 1.61. The van der Waals surface area contributed by atoms with E-state index in [1.54, 1.807) is 54.5 Å². The summed E-state index contributed by atoms with van der Waals surface area (Å²) in [4.78, 5) is 38.4. The number of rotatable bonds is 6. The Balaban J connectivity index is 1.56. The first-order chi connectivity index (χ1) is 14.9. The second-order valence-electron chi connectivity index (χ2n) is 7.37. The molecule has 3 amide bonds. The third-order valence-corrected chi connectivity index (χ3v) is 5.19. The molecule has 0 aliphatic carbocycles. The van der Waals surface area contributed by atoms with Crippen LogP contribution in [0.15, 0.2) is 42.5 Å². The minimum Gasteiger partial charge on any atom is -0.493 e. The van der Waals surface area contributed by atoms with E-state index in [0.717, 1.165) is 0 Å². The number of likely N-dealkylation sites (tertiary alicyclic amines) is 1. The average molecular weight is 425 g/mol. The number of anilines is 1. The second kappa shape index (κ2) is 9.97. The van der Waals surface area contributed by atoms with Gasteiger partial charge in [0.1, 0.15) is 0 Å². The van der Waals surface area contributed by atoms with Gasteiger partial charge in [-0.2, -0.15) is 0 Å². The van der Waals surface area contributed by atoms with Gasteiger partial charge in [0, 0.05) is 42.9 Å². The summed E-state index contributed by atoms with van der Waals surface area (Å²) in [6.07, 6.45) is 1.33. The molecule has 8 nitrogen and oxygen atoms in total. The zero-order valence-electron chi connectivity index (χ0n) is 17.9. The first-order valence-electron chi connectivity index (χ1n) is 10.1. The van der Waals surface area contributed by atoms with Crippen molar-refractivity contribution in [3.8, 4) is 11.5 Å². The summed E-state index contributed by atoms with van der Waals surface area (Å²) >= 11 is 0. The van der Waals surface area contributed by atoms with E-state index >= 15 is 0 Å². The third kappa shape index (κ3) is 5.53. The first kappa shape index (κ1) is 22.1. The first-order valence-corrected chi connectivity index (χ1v) is 10.1. The zero-order valence-corrected chi connectivity index (χ0v) is 17.9. The lowest BCUT2D eigenvalue weighted by atomic mass is 10.0. The summed E-state index contributed by atoms with van der Waals surface area (Å²) in [5, 5.41) is 5.72. The van der Waals surface area contributed by atoms with Crippen LogP contribution in [0.4, 0.5) is 5.69 Å². The molecule has 1 fully saturated rings. The largest absolute Gasteiger partial charge is 0.493 e. The van der Waals surface area contributed by atoms with E-state index in [1.807, 2.05) is 0 Å². The molecule has 0 aromatic heterocycles. The molecule has 0 radical (unpaired) electrons. The van der Waals surface area contributed by atoms with Gasteiger partial charge in [0.25, 0.3) is 11.8 Å². The molecular formula is C23H27N3O5. The number of methoxy groups -OCH3 is 2. The van der Waals surface area contributed by atoms with Gasteiger partial charge >= 0.3 is 0 Å². The van der Waals surface area contributed by atoms with Crippen LogP contribution in [0.3, 0.4) is 0 Å². The van der Waals surface area contributed by atoms with E-state index in [0.29, 0.717) is 54.2 Å². The van der Waals surface area contributed by atoms with Crippen molar-refractivity contribution >= 4 is 23.4 Å². The van der Waals surface area contributed by atoms with Gasteiger partial charge in [-0.1, -0.05) is 6.07 Å². The van der Waals surface area contributed by atoms with E-state index in [1.165, 1.54) is 14.0 Å². The van der Waals surface area contributed by atoms with Crippen LogP contribution in [0.25, 0.3) is 0 Å². The summed E-state index contributed by atoms with van der Waals surface area (Å²) in [6.45, 7) is 2.51. The topological polar surface area (TPSA) is 97.0 Å². The zero-order chi connectivity index (χ0) is 22.4. The van der Waals surface area contributed by atoms with Crippen molar-refractivity contribution in [1.29, 1.82) is 0 Å². The average Bonchev–Trinajstić information content (AvgIpc) is 2.78. The Hall–Kier alpha value is -3.55. The van der Waals surface area contributed by atoms with E-state index in [2.05, 4.69) is 10.6 Å². The Labute approximate surface area is 181 Å². The number of carbonyl (C=O) groups is 3. The van der Waals surface area contributed by atoms with Crippen LogP contribution < -0.4 is 20.1 Å². The van der Waals surface area contributed by atoms with E-state index in [4.69, 9.17) is 9.47 Å². The maximum atomic E-state index is 12.8. The number of hydrogen-bond acceptors (Lipinski definition) is 5. The highest BCUT2D eigenvalue weighted by molar-refractivity contribution is 5.97. The predicted octanol–water partition coefficient (Wildman–Crippen LogP) is 2.70. The molecule has 164 valence electrons. The molecular weight excluding hydrogens is 398 g/mol. The van der Waals surface area contributed by atoms with Gasteiger partial charge in [-0.15, -0.1) is 0 Å². The maximum Gasteiger partial charge on any atom is 0.253 e. The number of piperidine rings is 1. The Morgan fingerprint density at radius 2 is 1.65 bits per heavy atom. The number of nitrogens with zero attached hydrogens (tertiary/aromatic N) is 1. The van der Waals surface area contributed by atoms with Crippen molar-refractivity contribution in [1.82, 2.24) is 10.2 Å². The molecule has 8 heteroatoms. The van der Waals surface area contributed by atoms with Crippen LogP contribution in [0, 0.1) is 0 Å². The fourth-order valence-corrected chi connectivity index (χ4v) is 3.59. The molecule has 1 aliphatic heterocycles. The molecule has 0 saturated carbocycles. The number of ether oxygens (including phenoxy) is 2. The Kier molecular flexibility index (Phi) is 7.12. The van der Waals surface area contributed by atoms with E-state index in [9.17, 15) is 14.4 Å². The molecule has 2 aromatic carbocycles. The third-order valence-electron chi connectivity index (χ3n) is 5.19. The number of hydrogen-bond donors (Lipinski definition) is 2. The Morgan fingerprint density at radius 1 is 0.935 bits per heavy atom. The van der Waals surface area contributed by atoms with Crippen LogP contribution in [-0.4, -0.2) is 56.0 Å². The standard InChI is InChI=1S/C23H27N3O5/c1-15(27)24-19-6-4-5-17(13-19)23(29)26-11-9-18(10-12-26)25-22(28)16-7-8-20(30-2)21(14-16)31-3/h4-8,13-14,18H,9-12H2,1-3H3,(H,24,27)(H,25,28). The normalized spacial score (nSPS) is 14.0. The van der Waals surface area contributed by atoms with Crippen LogP contribution in [-0.2, 0) is 4.79 Å². The van der Waals surface area contributed by atoms with E-state index in [-0.39, 0.29) is 23.8 Å². The van der Waals surface area contributed by atoms with Crippen LogP contribution in [0.2, 0.25) is 0 Å². The fraction of sp³-hybridized carbons (Fsp3) is 0.348. The summed E-state index contributed by atoms with van der Waals surface area (Å²) < 4.78 is 10.5. The quantitative estimate of drug-likeness (QED) is 0.742. The molecule has 0 bridgehead atoms. The van der Waals surface area contributed by atoms with Gasteiger partial charge in [0.15, 0.2) is 11.5 Å². The predicted molar refractivity (Wildman–Crippen MR) is 117 cm³/mol. The number of nitrogens with one attached hydrogen (secondary N) is 2. The highest BCUT2D eigenvalue weighted by atomic mass is 16.5. The summed E-state index contributed by atoms with van der Waals surface area (Å²) in [7, 11) is 3.07. The SMILES string of the molecule is COc1ccc(C(=O)NC2CCN(C(=O)c3cccc(NC(C)=O)c3)CC2)cc1OC. The highest BCUT2D eigenvalue weighted by Gasteiger charge is 2.25. The van der Waals surface area contributed by atoms with Gasteiger partial charge in [0.05, 0.1) is 14.2 Å². The Morgan fingerprint density at radius 3 is 2.29 bits per heavy atom. The highest BCUT2D eigenvalue weighted by Crippen LogP contribution is 2.27. The lowest BCUT2D eigenvalue weighted by Crippen LogP contribution is -2.46.